The zero-order valence-electron chi connectivity index (χ0n) is 12.0. The summed E-state index contributed by atoms with van der Waals surface area (Å²) >= 11 is 2.95. The molecule has 1 N–H and O–H groups in total. The van der Waals surface area contributed by atoms with Crippen LogP contribution < -0.4 is 5.32 Å². The van der Waals surface area contributed by atoms with Crippen LogP contribution in [-0.4, -0.2) is 30.0 Å². The predicted octanol–water partition coefficient (Wildman–Crippen LogP) is 2.86. The van der Waals surface area contributed by atoms with Gasteiger partial charge in [-0.2, -0.15) is 11.3 Å². The monoisotopic (exact) mass is 324 g/mol. The van der Waals surface area contributed by atoms with Gasteiger partial charge in [0.05, 0.1) is 19.2 Å². The molecule has 21 heavy (non-hydrogen) atoms. The average Bonchev–Trinajstić information content (AvgIpc) is 3.06. The second kappa shape index (κ2) is 6.82. The number of carbonyl (C=O) groups is 2. The standard InChI is InChI=1S/C14H16N2O3S2/c1-8(6-11(17)19-3)15-13(18)12-9(2)16-14(21-12)10-4-5-20-7-10/h4-5,7-8H,6H2,1-3H3,(H,15,18). The Bertz CT molecular complexity index is 635. The lowest BCUT2D eigenvalue weighted by Gasteiger charge is -2.11. The smallest absolute Gasteiger partial charge is 0.307 e. The van der Waals surface area contributed by atoms with Crippen LogP contribution in [0.25, 0.3) is 10.6 Å². The van der Waals surface area contributed by atoms with Gasteiger partial charge in [0.2, 0.25) is 0 Å². The highest BCUT2D eigenvalue weighted by molar-refractivity contribution is 7.17. The molecule has 1 amide bonds. The number of thiophene rings is 1. The second-order valence-electron chi connectivity index (χ2n) is 4.60. The van der Waals surface area contributed by atoms with Crippen LogP contribution in [0.4, 0.5) is 0 Å². The zero-order valence-corrected chi connectivity index (χ0v) is 13.6. The number of hydrogen-bond acceptors (Lipinski definition) is 6. The zero-order chi connectivity index (χ0) is 15.4. The van der Waals surface area contributed by atoms with Crippen molar-refractivity contribution in [3.63, 3.8) is 0 Å². The lowest BCUT2D eigenvalue weighted by molar-refractivity contribution is -0.141. The van der Waals surface area contributed by atoms with Crippen molar-refractivity contribution in [3.8, 4) is 10.6 Å². The fourth-order valence-corrected chi connectivity index (χ4v) is 3.47. The van der Waals surface area contributed by atoms with Crippen LogP contribution in [0.15, 0.2) is 16.8 Å². The summed E-state index contributed by atoms with van der Waals surface area (Å²) in [4.78, 5) is 28.4. The van der Waals surface area contributed by atoms with Crippen molar-refractivity contribution in [2.75, 3.05) is 7.11 Å². The third-order valence-electron chi connectivity index (χ3n) is 2.85. The Kier molecular flexibility index (Phi) is 5.08. The fourth-order valence-electron chi connectivity index (χ4n) is 1.79. The molecule has 2 aromatic rings. The molecule has 5 nitrogen and oxygen atoms in total. The van der Waals surface area contributed by atoms with Crippen molar-refractivity contribution < 1.29 is 14.3 Å². The number of aryl methyl sites for hydroxylation is 1. The first-order valence-corrected chi connectivity index (χ1v) is 8.15. The number of nitrogens with one attached hydrogen (secondary N) is 1. The topological polar surface area (TPSA) is 68.3 Å². The molecule has 0 aromatic carbocycles. The minimum Gasteiger partial charge on any atom is -0.469 e. The van der Waals surface area contributed by atoms with Gasteiger partial charge >= 0.3 is 5.97 Å². The molecule has 0 aliphatic heterocycles. The quantitative estimate of drug-likeness (QED) is 0.859. The minimum absolute atomic E-state index is 0.150. The molecule has 0 aliphatic rings. The van der Waals surface area contributed by atoms with E-state index in [4.69, 9.17) is 0 Å². The average molecular weight is 324 g/mol. The molecule has 0 aliphatic carbocycles. The lowest BCUT2D eigenvalue weighted by Crippen LogP contribution is -2.34. The SMILES string of the molecule is COC(=O)CC(C)NC(=O)c1sc(-c2ccsc2)nc1C. The summed E-state index contributed by atoms with van der Waals surface area (Å²) in [6.45, 7) is 3.58. The highest BCUT2D eigenvalue weighted by Gasteiger charge is 2.19. The minimum atomic E-state index is -0.345. The van der Waals surface area contributed by atoms with Crippen molar-refractivity contribution in [2.45, 2.75) is 26.3 Å². The van der Waals surface area contributed by atoms with Gasteiger partial charge < -0.3 is 10.1 Å². The van der Waals surface area contributed by atoms with Gasteiger partial charge in [-0.25, -0.2) is 4.98 Å². The van der Waals surface area contributed by atoms with Crippen molar-refractivity contribution in [1.82, 2.24) is 10.3 Å². The molecule has 0 radical (unpaired) electrons. The fraction of sp³-hybridized carbons (Fsp3) is 0.357. The summed E-state index contributed by atoms with van der Waals surface area (Å²) in [5.41, 5.74) is 1.72. The molecule has 0 bridgehead atoms. The Labute approximate surface area is 131 Å². The Hall–Kier alpha value is -1.73. The van der Waals surface area contributed by atoms with Crippen LogP contribution in [0.1, 0.15) is 28.7 Å². The normalized spacial score (nSPS) is 12.0. The largest absolute Gasteiger partial charge is 0.469 e. The summed E-state index contributed by atoms with van der Waals surface area (Å²) < 4.78 is 4.59. The van der Waals surface area contributed by atoms with Crippen LogP contribution in [0.2, 0.25) is 0 Å². The molecule has 2 rings (SSSR count). The van der Waals surface area contributed by atoms with E-state index >= 15 is 0 Å². The number of aromatic nitrogens is 1. The Morgan fingerprint density at radius 3 is 2.86 bits per heavy atom. The van der Waals surface area contributed by atoms with Gasteiger partial charge in [0.1, 0.15) is 9.88 Å². The molecule has 0 fully saturated rings. The molecule has 0 spiro atoms. The highest BCUT2D eigenvalue weighted by Crippen LogP contribution is 2.29. The van der Waals surface area contributed by atoms with E-state index in [0.29, 0.717) is 10.6 Å². The number of methoxy groups -OCH3 is 1. The Morgan fingerprint density at radius 1 is 1.48 bits per heavy atom. The van der Waals surface area contributed by atoms with E-state index in [9.17, 15) is 9.59 Å². The van der Waals surface area contributed by atoms with Gasteiger partial charge in [-0.3, -0.25) is 9.59 Å². The number of hydrogen-bond donors (Lipinski definition) is 1. The van der Waals surface area contributed by atoms with Crippen molar-refractivity contribution in [1.29, 1.82) is 0 Å². The summed E-state index contributed by atoms with van der Waals surface area (Å²) in [6.07, 6.45) is 0.150. The third-order valence-corrected chi connectivity index (χ3v) is 4.74. The maximum absolute atomic E-state index is 12.2. The van der Waals surface area contributed by atoms with E-state index in [0.717, 1.165) is 10.6 Å². The maximum atomic E-state index is 12.2. The summed E-state index contributed by atoms with van der Waals surface area (Å²) in [6, 6.07) is 1.70. The van der Waals surface area contributed by atoms with Gasteiger partial charge in [0, 0.05) is 17.0 Å². The van der Waals surface area contributed by atoms with Crippen LogP contribution in [0.3, 0.4) is 0 Å². The van der Waals surface area contributed by atoms with E-state index < -0.39 is 0 Å². The molecule has 0 saturated carbocycles. The molecule has 112 valence electrons. The maximum Gasteiger partial charge on any atom is 0.307 e. The molecule has 1 atom stereocenters. The highest BCUT2D eigenvalue weighted by atomic mass is 32.1. The van der Waals surface area contributed by atoms with Gasteiger partial charge in [0.15, 0.2) is 0 Å². The van der Waals surface area contributed by atoms with E-state index in [1.54, 1.807) is 18.3 Å². The van der Waals surface area contributed by atoms with Crippen LogP contribution in [0, 0.1) is 6.92 Å². The lowest BCUT2D eigenvalue weighted by atomic mass is 10.2. The number of carbonyl (C=O) groups excluding carboxylic acids is 2. The van der Waals surface area contributed by atoms with E-state index in [1.165, 1.54) is 18.4 Å². The third kappa shape index (κ3) is 3.89. The summed E-state index contributed by atoms with van der Waals surface area (Å²) in [7, 11) is 1.33. The van der Waals surface area contributed by atoms with E-state index in [-0.39, 0.29) is 24.3 Å². The van der Waals surface area contributed by atoms with Crippen molar-refractivity contribution in [3.05, 3.63) is 27.4 Å². The Morgan fingerprint density at radius 2 is 2.24 bits per heavy atom. The number of ether oxygens (including phenoxy) is 1. The van der Waals surface area contributed by atoms with Gasteiger partial charge in [-0.15, -0.1) is 11.3 Å². The number of esters is 1. The van der Waals surface area contributed by atoms with Gasteiger partial charge in [0.25, 0.3) is 5.91 Å². The first-order chi connectivity index (χ1) is 10.0. The van der Waals surface area contributed by atoms with E-state index in [1.807, 2.05) is 23.8 Å². The number of thiazole rings is 1. The first kappa shape index (κ1) is 15.7. The molecular formula is C14H16N2O3S2. The van der Waals surface area contributed by atoms with Crippen LogP contribution in [-0.2, 0) is 9.53 Å². The van der Waals surface area contributed by atoms with E-state index in [2.05, 4.69) is 15.0 Å². The number of amides is 1. The predicted molar refractivity (Wildman–Crippen MR) is 83.7 cm³/mol. The molecule has 2 aromatic heterocycles. The molecule has 7 heteroatoms. The summed E-state index contributed by atoms with van der Waals surface area (Å²) in [5, 5.41) is 7.60. The molecular weight excluding hydrogens is 308 g/mol. The van der Waals surface area contributed by atoms with Gasteiger partial charge in [-0.05, 0) is 25.3 Å². The number of rotatable bonds is 5. The first-order valence-electron chi connectivity index (χ1n) is 6.39. The Balaban J connectivity index is 2.08. The molecule has 0 saturated heterocycles. The second-order valence-corrected chi connectivity index (χ2v) is 6.38. The van der Waals surface area contributed by atoms with Crippen molar-refractivity contribution >= 4 is 34.6 Å². The van der Waals surface area contributed by atoms with Gasteiger partial charge in [-0.1, -0.05) is 0 Å². The van der Waals surface area contributed by atoms with Crippen LogP contribution in [0.5, 0.6) is 0 Å². The summed E-state index contributed by atoms with van der Waals surface area (Å²) in [5.74, 6) is -0.550. The van der Waals surface area contributed by atoms with Crippen molar-refractivity contribution in [2.24, 2.45) is 0 Å². The number of nitrogens with zero attached hydrogens (tertiary/aromatic N) is 1. The van der Waals surface area contributed by atoms with Crippen LogP contribution >= 0.6 is 22.7 Å². The molecule has 2 heterocycles. The molecule has 1 unspecified atom stereocenters.